The molecule has 3 heterocycles. The Morgan fingerprint density at radius 1 is 1.09 bits per heavy atom. The van der Waals surface area contributed by atoms with Gasteiger partial charge in [-0.1, -0.05) is 29.3 Å². The lowest BCUT2D eigenvalue weighted by molar-refractivity contribution is -0.605. The van der Waals surface area contributed by atoms with E-state index in [4.69, 9.17) is 32.7 Å². The molecule has 2 aliphatic heterocycles. The number of ether oxygens (including phenoxy) is 3. The monoisotopic (exact) mass is 688 g/mol. The minimum atomic E-state index is -3.06. The van der Waals surface area contributed by atoms with Crippen molar-refractivity contribution in [1.29, 1.82) is 0 Å². The number of benzene rings is 1. The van der Waals surface area contributed by atoms with E-state index in [1.807, 2.05) is 0 Å². The van der Waals surface area contributed by atoms with E-state index in [1.165, 1.54) is 30.0 Å². The molecule has 0 bridgehead atoms. The van der Waals surface area contributed by atoms with Crippen molar-refractivity contribution in [1.82, 2.24) is 14.7 Å². The summed E-state index contributed by atoms with van der Waals surface area (Å²) in [6.07, 6.45) is 3.49. The second-order valence-corrected chi connectivity index (χ2v) is 13.5. The maximum absolute atomic E-state index is 13.7. The average Bonchev–Trinajstić information content (AvgIpc) is 3.69. The van der Waals surface area contributed by atoms with Crippen molar-refractivity contribution in [2.75, 3.05) is 58.7 Å². The first-order valence-electron chi connectivity index (χ1n) is 14.9. The summed E-state index contributed by atoms with van der Waals surface area (Å²) in [5, 5.41) is 11.1. The van der Waals surface area contributed by atoms with Crippen LogP contribution < -0.4 is 14.2 Å². The van der Waals surface area contributed by atoms with Crippen LogP contribution in [0.4, 0.5) is 8.78 Å². The van der Waals surface area contributed by atoms with Crippen LogP contribution in [-0.2, 0) is 20.7 Å². The van der Waals surface area contributed by atoms with Gasteiger partial charge in [-0.25, -0.2) is 4.79 Å². The number of alkyl halides is 2. The molecule has 0 radical (unpaired) electrons. The van der Waals surface area contributed by atoms with Gasteiger partial charge in [0.25, 0.3) is 0 Å². The molecule has 2 atom stereocenters. The summed E-state index contributed by atoms with van der Waals surface area (Å²) in [6.45, 7) is 1.94. The van der Waals surface area contributed by atoms with Crippen LogP contribution in [0.3, 0.4) is 0 Å². The molecule has 5 rings (SSSR count). The highest BCUT2D eigenvalue weighted by atomic mass is 35.5. The molecule has 15 heteroatoms. The van der Waals surface area contributed by atoms with Crippen LogP contribution >= 0.6 is 35.0 Å². The number of likely N-dealkylation sites (N-methyl/N-ethyl adjacent to an activating group) is 1. The van der Waals surface area contributed by atoms with E-state index in [2.05, 4.69) is 21.6 Å². The number of carbonyl (C=O) groups excluding carboxylic acids is 2. The lowest BCUT2D eigenvalue weighted by Gasteiger charge is -2.32. The van der Waals surface area contributed by atoms with Gasteiger partial charge in [-0.2, -0.15) is 13.5 Å². The predicted molar refractivity (Wildman–Crippen MR) is 166 cm³/mol. The van der Waals surface area contributed by atoms with Gasteiger partial charge in [0.05, 0.1) is 6.61 Å². The molecule has 0 N–H and O–H groups in total. The van der Waals surface area contributed by atoms with Gasteiger partial charge in [-0.05, 0) is 43.5 Å². The Labute approximate surface area is 275 Å². The second-order valence-electron chi connectivity index (χ2n) is 11.5. The number of hydrogen-bond acceptors (Lipinski definition) is 9. The topological polar surface area (TPSA) is 98.5 Å². The molecule has 246 valence electrons. The average molecular weight is 690 g/mol. The van der Waals surface area contributed by atoms with Gasteiger partial charge < -0.3 is 34.1 Å². The zero-order chi connectivity index (χ0) is 32.1. The first kappa shape index (κ1) is 33.8. The summed E-state index contributed by atoms with van der Waals surface area (Å²) in [6, 6.07) is 4.33. The molecule has 2 saturated heterocycles. The van der Waals surface area contributed by atoms with Crippen molar-refractivity contribution in [2.24, 2.45) is 5.92 Å². The van der Waals surface area contributed by atoms with Gasteiger partial charge in [-0.3, -0.25) is 4.79 Å². The molecule has 2 unspecified atom stereocenters. The van der Waals surface area contributed by atoms with Crippen molar-refractivity contribution in [3.8, 4) is 11.5 Å². The molecule has 1 saturated carbocycles. The van der Waals surface area contributed by atoms with Gasteiger partial charge >= 0.3 is 12.6 Å². The number of pyridine rings is 1. The SMILES string of the molecule is CN1CCN(CCC(=O)N2CCSC2C(=O)OC(Cc2c(Cl)c[n+]([O-])cc2Cl)c2ccc(OC(F)F)c(OCC3CC3)c2)CC1. The fourth-order valence-corrected chi connectivity index (χ4v) is 6.97. The molecule has 1 amide bonds. The maximum Gasteiger partial charge on any atom is 0.387 e. The van der Waals surface area contributed by atoms with E-state index in [-0.39, 0.29) is 40.3 Å². The highest BCUT2D eigenvalue weighted by Crippen LogP contribution is 2.38. The van der Waals surface area contributed by atoms with Crippen LogP contribution in [0, 0.1) is 11.1 Å². The number of piperazine rings is 1. The Morgan fingerprint density at radius 2 is 1.80 bits per heavy atom. The molecule has 10 nitrogen and oxygen atoms in total. The predicted octanol–water partition coefficient (Wildman–Crippen LogP) is 4.38. The quantitative estimate of drug-likeness (QED) is 0.173. The molecule has 0 spiro atoms. The standard InChI is InChI=1S/C30H36Cl2F2N4O6S/c1-35-8-10-36(11-9-35)7-6-27(39)38-12-13-45-28(38)29(40)43-25(15-21-22(31)16-37(41)17-23(21)32)20-4-5-24(44-30(33)34)26(14-20)42-18-19-2-3-19/h4-5,14,16-17,19,25,28,30H,2-3,6-13,15,18H2,1H3. The largest absolute Gasteiger partial charge is 0.619 e. The minimum Gasteiger partial charge on any atom is -0.619 e. The number of nitrogens with zero attached hydrogens (tertiary/aromatic N) is 4. The first-order valence-corrected chi connectivity index (χ1v) is 16.7. The Kier molecular flexibility index (Phi) is 11.5. The summed E-state index contributed by atoms with van der Waals surface area (Å²) in [7, 11) is 2.07. The van der Waals surface area contributed by atoms with Crippen LogP contribution in [0.2, 0.25) is 10.0 Å². The summed E-state index contributed by atoms with van der Waals surface area (Å²) in [5.41, 5.74) is 0.772. The molecule has 1 aromatic heterocycles. The Morgan fingerprint density at radius 3 is 2.47 bits per heavy atom. The van der Waals surface area contributed by atoms with E-state index >= 15 is 0 Å². The number of rotatable bonds is 13. The molecule has 1 aliphatic carbocycles. The highest BCUT2D eigenvalue weighted by Gasteiger charge is 2.38. The molecular formula is C30H36Cl2F2N4O6S. The number of hydrogen-bond donors (Lipinski definition) is 0. The Balaban J connectivity index is 1.35. The third-order valence-corrected chi connectivity index (χ3v) is 9.92. The van der Waals surface area contributed by atoms with E-state index < -0.39 is 24.1 Å². The van der Waals surface area contributed by atoms with E-state index in [0.717, 1.165) is 51.4 Å². The zero-order valence-corrected chi connectivity index (χ0v) is 27.2. The van der Waals surface area contributed by atoms with Crippen molar-refractivity contribution in [2.45, 2.75) is 43.8 Å². The number of amides is 1. The number of aromatic nitrogens is 1. The lowest BCUT2D eigenvalue weighted by atomic mass is 10.0. The highest BCUT2D eigenvalue weighted by molar-refractivity contribution is 8.00. The Hall–Kier alpha value is -2.58. The summed E-state index contributed by atoms with van der Waals surface area (Å²) in [4.78, 5) is 33.0. The number of halogens is 4. The van der Waals surface area contributed by atoms with Gasteiger partial charge in [0.2, 0.25) is 5.91 Å². The van der Waals surface area contributed by atoms with Crippen LogP contribution in [0.1, 0.15) is 36.5 Å². The number of thioether (sulfide) groups is 1. The van der Waals surface area contributed by atoms with Gasteiger partial charge in [0.15, 0.2) is 29.3 Å². The molecule has 1 aromatic carbocycles. The number of carbonyl (C=O) groups is 2. The van der Waals surface area contributed by atoms with Crippen LogP contribution in [0.25, 0.3) is 0 Å². The van der Waals surface area contributed by atoms with Crippen LogP contribution in [0.5, 0.6) is 11.5 Å². The molecular weight excluding hydrogens is 653 g/mol. The smallest absolute Gasteiger partial charge is 0.387 e. The van der Waals surface area contributed by atoms with Crippen molar-refractivity contribution >= 4 is 46.8 Å². The number of esters is 1. The van der Waals surface area contributed by atoms with Gasteiger partial charge in [0, 0.05) is 63.4 Å². The second kappa shape index (κ2) is 15.3. The fraction of sp³-hybridized carbons (Fsp3) is 0.567. The maximum atomic E-state index is 13.7. The molecule has 45 heavy (non-hydrogen) atoms. The zero-order valence-electron chi connectivity index (χ0n) is 24.8. The van der Waals surface area contributed by atoms with Crippen LogP contribution in [-0.4, -0.2) is 97.2 Å². The minimum absolute atomic E-state index is 0.0316. The molecule has 3 aliphatic rings. The lowest BCUT2D eigenvalue weighted by Crippen LogP contribution is -2.46. The van der Waals surface area contributed by atoms with Crippen molar-refractivity contribution in [3.63, 3.8) is 0 Å². The molecule has 2 aromatic rings. The third kappa shape index (κ3) is 9.25. The normalized spacial score (nSPS) is 20.0. The van der Waals surface area contributed by atoms with E-state index in [1.54, 1.807) is 4.90 Å². The summed E-state index contributed by atoms with van der Waals surface area (Å²) < 4.78 is 43.4. The van der Waals surface area contributed by atoms with E-state index in [0.29, 0.717) is 47.2 Å². The summed E-state index contributed by atoms with van der Waals surface area (Å²) >= 11 is 14.1. The van der Waals surface area contributed by atoms with E-state index in [9.17, 15) is 23.6 Å². The first-order chi connectivity index (χ1) is 21.6. The third-order valence-electron chi connectivity index (χ3n) is 8.08. The molecule has 3 fully saturated rings. The van der Waals surface area contributed by atoms with Crippen molar-refractivity contribution in [3.05, 3.63) is 57.0 Å². The fourth-order valence-electron chi connectivity index (χ4n) is 5.25. The van der Waals surface area contributed by atoms with Crippen molar-refractivity contribution < 1.29 is 37.3 Å². The summed E-state index contributed by atoms with van der Waals surface area (Å²) in [5.74, 6) is 0.0809. The van der Waals surface area contributed by atoms with Gasteiger partial charge in [0.1, 0.15) is 16.1 Å². The van der Waals surface area contributed by atoms with Gasteiger partial charge in [-0.15, -0.1) is 11.8 Å². The Bertz CT molecular complexity index is 1340. The van der Waals surface area contributed by atoms with Crippen LogP contribution in [0.15, 0.2) is 30.6 Å².